The topological polar surface area (TPSA) is 119 Å². The standard InChI is InChI=1S/C26H22INO7/c1-15-6-10-17(11-7-15)25(32)34-21(23(29)28-20-5-3-4-19(27)14-20)22(24(30)31)35-26(33)18-12-8-16(2)9-13-18/h3-14,21-22H,1-2H3,(H,28,29)(H,30,31)/t21-,22+/m0/s1. The summed E-state index contributed by atoms with van der Waals surface area (Å²) in [7, 11) is 0. The van der Waals surface area contributed by atoms with Crippen LogP contribution in [0.3, 0.4) is 0 Å². The van der Waals surface area contributed by atoms with Crippen LogP contribution in [-0.2, 0) is 19.1 Å². The van der Waals surface area contributed by atoms with Crippen LogP contribution < -0.4 is 5.32 Å². The number of esters is 2. The second-order valence-corrected chi connectivity index (χ2v) is 8.97. The molecule has 3 aromatic rings. The van der Waals surface area contributed by atoms with E-state index in [9.17, 15) is 24.3 Å². The van der Waals surface area contributed by atoms with Crippen LogP contribution in [0.15, 0.2) is 72.8 Å². The SMILES string of the molecule is Cc1ccc(C(=O)O[C@H](C(=O)Nc2cccc(I)c2)[C@@H](OC(=O)c2ccc(C)cc2)C(=O)O)cc1. The van der Waals surface area contributed by atoms with Gasteiger partial charge in [-0.2, -0.15) is 0 Å². The lowest BCUT2D eigenvalue weighted by Gasteiger charge is -2.23. The van der Waals surface area contributed by atoms with Crippen molar-refractivity contribution in [2.75, 3.05) is 5.32 Å². The fourth-order valence-corrected chi connectivity index (χ4v) is 3.56. The first-order chi connectivity index (χ1) is 16.6. The van der Waals surface area contributed by atoms with E-state index < -0.39 is 36.0 Å². The van der Waals surface area contributed by atoms with Gasteiger partial charge in [-0.1, -0.05) is 41.5 Å². The molecule has 0 aliphatic heterocycles. The number of benzene rings is 3. The first kappa shape index (κ1) is 25.9. The van der Waals surface area contributed by atoms with Crippen LogP contribution in [0.25, 0.3) is 0 Å². The highest BCUT2D eigenvalue weighted by Gasteiger charge is 2.41. The molecule has 0 saturated heterocycles. The average Bonchev–Trinajstić information content (AvgIpc) is 2.81. The largest absolute Gasteiger partial charge is 0.478 e. The molecular formula is C26H22INO7. The maximum absolute atomic E-state index is 13.1. The maximum Gasteiger partial charge on any atom is 0.349 e. The van der Waals surface area contributed by atoms with Gasteiger partial charge in [-0.25, -0.2) is 14.4 Å². The minimum atomic E-state index is -2.10. The molecule has 0 aliphatic carbocycles. The quantitative estimate of drug-likeness (QED) is 0.297. The van der Waals surface area contributed by atoms with E-state index in [1.807, 2.05) is 36.4 Å². The van der Waals surface area contributed by atoms with E-state index in [2.05, 4.69) is 5.32 Å². The van der Waals surface area contributed by atoms with E-state index in [1.54, 1.807) is 48.5 Å². The van der Waals surface area contributed by atoms with Crippen molar-refractivity contribution in [3.8, 4) is 0 Å². The van der Waals surface area contributed by atoms with Crippen molar-refractivity contribution >= 4 is 52.1 Å². The Bertz CT molecular complexity index is 1240. The third kappa shape index (κ3) is 7.12. The summed E-state index contributed by atoms with van der Waals surface area (Å²) < 4.78 is 11.3. The van der Waals surface area contributed by atoms with Crippen molar-refractivity contribution < 1.29 is 33.8 Å². The van der Waals surface area contributed by atoms with Gasteiger partial charge in [0.15, 0.2) is 0 Å². The number of carboxylic acid groups (broad SMARTS) is 1. The summed E-state index contributed by atoms with van der Waals surface area (Å²) in [6, 6.07) is 19.3. The second-order valence-electron chi connectivity index (χ2n) is 7.72. The zero-order chi connectivity index (χ0) is 25.5. The first-order valence-corrected chi connectivity index (χ1v) is 11.6. The summed E-state index contributed by atoms with van der Waals surface area (Å²) in [4.78, 5) is 50.6. The molecule has 3 rings (SSSR count). The smallest absolute Gasteiger partial charge is 0.349 e. The summed E-state index contributed by atoms with van der Waals surface area (Å²) >= 11 is 2.05. The molecule has 35 heavy (non-hydrogen) atoms. The third-order valence-corrected chi connectivity index (χ3v) is 5.58. The second kappa shape index (κ2) is 11.6. The van der Waals surface area contributed by atoms with Gasteiger partial charge in [-0.15, -0.1) is 0 Å². The number of halogens is 1. The predicted octanol–water partition coefficient (Wildman–Crippen LogP) is 4.38. The summed E-state index contributed by atoms with van der Waals surface area (Å²) in [5, 5.41) is 12.3. The van der Waals surface area contributed by atoms with Crippen molar-refractivity contribution in [3.63, 3.8) is 0 Å². The molecule has 2 atom stereocenters. The summed E-state index contributed by atoms with van der Waals surface area (Å²) in [5.74, 6) is -4.53. The average molecular weight is 587 g/mol. The molecule has 3 aromatic carbocycles. The number of hydrogen-bond acceptors (Lipinski definition) is 6. The number of aryl methyl sites for hydroxylation is 2. The highest BCUT2D eigenvalue weighted by molar-refractivity contribution is 14.1. The molecule has 0 unspecified atom stereocenters. The molecule has 2 N–H and O–H groups in total. The van der Waals surface area contributed by atoms with E-state index in [1.165, 1.54) is 24.3 Å². The molecular weight excluding hydrogens is 565 g/mol. The van der Waals surface area contributed by atoms with E-state index in [4.69, 9.17) is 9.47 Å². The predicted molar refractivity (Wildman–Crippen MR) is 136 cm³/mol. The number of rotatable bonds is 8. The van der Waals surface area contributed by atoms with E-state index in [0.29, 0.717) is 5.69 Å². The van der Waals surface area contributed by atoms with Gasteiger partial charge in [0.25, 0.3) is 5.91 Å². The number of aliphatic carboxylic acids is 1. The number of hydrogen-bond donors (Lipinski definition) is 2. The number of carbonyl (C=O) groups excluding carboxylic acids is 3. The molecule has 0 saturated carbocycles. The third-order valence-electron chi connectivity index (χ3n) is 4.91. The Kier molecular flexibility index (Phi) is 8.58. The fourth-order valence-electron chi connectivity index (χ4n) is 3.02. The zero-order valence-electron chi connectivity index (χ0n) is 18.9. The molecule has 1 amide bonds. The van der Waals surface area contributed by atoms with Crippen molar-refractivity contribution in [3.05, 3.63) is 98.6 Å². The Morgan fingerprint density at radius 2 is 1.26 bits per heavy atom. The molecule has 0 heterocycles. The van der Waals surface area contributed by atoms with Crippen LogP contribution in [0.2, 0.25) is 0 Å². The van der Waals surface area contributed by atoms with Crippen molar-refractivity contribution in [1.29, 1.82) is 0 Å². The minimum absolute atomic E-state index is 0.0866. The van der Waals surface area contributed by atoms with Gasteiger partial charge in [0.1, 0.15) is 0 Å². The highest BCUT2D eigenvalue weighted by Crippen LogP contribution is 2.18. The Balaban J connectivity index is 1.90. The van der Waals surface area contributed by atoms with E-state index in [0.717, 1.165) is 14.7 Å². The first-order valence-electron chi connectivity index (χ1n) is 10.5. The molecule has 8 nitrogen and oxygen atoms in total. The van der Waals surface area contributed by atoms with Crippen LogP contribution in [-0.4, -0.2) is 41.1 Å². The molecule has 0 spiro atoms. The van der Waals surface area contributed by atoms with Gasteiger partial charge in [-0.3, -0.25) is 4.79 Å². The van der Waals surface area contributed by atoms with Gasteiger partial charge >= 0.3 is 17.9 Å². The lowest BCUT2D eigenvalue weighted by Crippen LogP contribution is -2.48. The normalized spacial score (nSPS) is 12.2. The number of anilines is 1. The Labute approximate surface area is 215 Å². The molecule has 0 aromatic heterocycles. The number of amides is 1. The van der Waals surface area contributed by atoms with Gasteiger partial charge in [0.2, 0.25) is 12.2 Å². The molecule has 180 valence electrons. The molecule has 0 fully saturated rings. The van der Waals surface area contributed by atoms with E-state index >= 15 is 0 Å². The lowest BCUT2D eigenvalue weighted by atomic mass is 10.1. The van der Waals surface area contributed by atoms with Crippen LogP contribution >= 0.6 is 22.6 Å². The Morgan fingerprint density at radius 1 is 0.771 bits per heavy atom. The van der Waals surface area contributed by atoms with E-state index in [-0.39, 0.29) is 11.1 Å². The van der Waals surface area contributed by atoms with Crippen LogP contribution in [0.4, 0.5) is 5.69 Å². The monoisotopic (exact) mass is 587 g/mol. The summed E-state index contributed by atoms with van der Waals surface area (Å²) in [5.41, 5.74) is 2.33. The molecule has 9 heteroatoms. The molecule has 0 radical (unpaired) electrons. The van der Waals surface area contributed by atoms with Gasteiger partial charge < -0.3 is 19.9 Å². The number of carbonyl (C=O) groups is 4. The molecule has 0 bridgehead atoms. The number of nitrogens with one attached hydrogen (secondary N) is 1. The lowest BCUT2D eigenvalue weighted by molar-refractivity contribution is -0.157. The maximum atomic E-state index is 13.1. The summed E-state index contributed by atoms with van der Waals surface area (Å²) in [6.45, 7) is 3.66. The van der Waals surface area contributed by atoms with Gasteiger partial charge in [0.05, 0.1) is 11.1 Å². The van der Waals surface area contributed by atoms with Crippen LogP contribution in [0.1, 0.15) is 31.8 Å². The fraction of sp³-hybridized carbons (Fsp3) is 0.154. The minimum Gasteiger partial charge on any atom is -0.478 e. The zero-order valence-corrected chi connectivity index (χ0v) is 21.0. The number of carboxylic acids is 1. The Hall–Kier alpha value is -3.73. The van der Waals surface area contributed by atoms with Crippen LogP contribution in [0.5, 0.6) is 0 Å². The highest BCUT2D eigenvalue weighted by atomic mass is 127. The Morgan fingerprint density at radius 3 is 1.71 bits per heavy atom. The van der Waals surface area contributed by atoms with Gasteiger partial charge in [0, 0.05) is 9.26 Å². The molecule has 0 aliphatic rings. The van der Waals surface area contributed by atoms with Gasteiger partial charge in [-0.05, 0) is 78.9 Å². The van der Waals surface area contributed by atoms with Crippen molar-refractivity contribution in [1.82, 2.24) is 0 Å². The van der Waals surface area contributed by atoms with Crippen molar-refractivity contribution in [2.45, 2.75) is 26.1 Å². The number of ether oxygens (including phenoxy) is 2. The summed E-state index contributed by atoms with van der Waals surface area (Å²) in [6.07, 6.45) is -4.06. The van der Waals surface area contributed by atoms with Crippen molar-refractivity contribution in [2.24, 2.45) is 0 Å². The van der Waals surface area contributed by atoms with Crippen LogP contribution in [0, 0.1) is 17.4 Å².